The molecule has 18 heavy (non-hydrogen) atoms. The van der Waals surface area contributed by atoms with Crippen molar-refractivity contribution >= 4 is 6.03 Å². The summed E-state index contributed by atoms with van der Waals surface area (Å²) in [5.74, 6) is 0. The predicted molar refractivity (Wildman–Crippen MR) is 55.9 cm³/mol. The molecule has 0 aromatic heterocycles. The second kappa shape index (κ2) is 6.02. The summed E-state index contributed by atoms with van der Waals surface area (Å²) in [6.07, 6.45) is -7.23. The number of carbonyl (C=O) groups excluding carboxylic acids is 1. The van der Waals surface area contributed by atoms with Gasteiger partial charge in [0, 0.05) is 7.05 Å². The van der Waals surface area contributed by atoms with Gasteiger partial charge in [-0.25, -0.2) is 4.79 Å². The molecular formula is C8H15N3O7. The Bertz CT molecular complexity index is 313. The Morgan fingerprint density at radius 2 is 1.94 bits per heavy atom. The van der Waals surface area contributed by atoms with Gasteiger partial charge in [-0.2, -0.15) is 5.01 Å². The first-order valence-corrected chi connectivity index (χ1v) is 5.10. The normalized spacial score (nSPS) is 35.9. The zero-order valence-corrected chi connectivity index (χ0v) is 9.50. The Morgan fingerprint density at radius 3 is 2.44 bits per heavy atom. The van der Waals surface area contributed by atoms with Crippen molar-refractivity contribution in [3.8, 4) is 0 Å². The molecule has 0 spiro atoms. The molecule has 2 amide bonds. The summed E-state index contributed by atoms with van der Waals surface area (Å²) in [5, 5.41) is 42.2. The van der Waals surface area contributed by atoms with Crippen molar-refractivity contribution in [2.24, 2.45) is 5.29 Å². The summed E-state index contributed by atoms with van der Waals surface area (Å²) < 4.78 is 4.98. The predicted octanol–water partition coefficient (Wildman–Crippen LogP) is -2.89. The third-order valence-electron chi connectivity index (χ3n) is 2.57. The van der Waals surface area contributed by atoms with Crippen LogP contribution in [-0.4, -0.2) is 75.8 Å². The lowest BCUT2D eigenvalue weighted by Gasteiger charge is -2.40. The summed E-state index contributed by atoms with van der Waals surface area (Å²) in [5.41, 5.74) is 0. The van der Waals surface area contributed by atoms with Gasteiger partial charge in [-0.15, -0.1) is 4.91 Å². The molecule has 1 aliphatic rings. The summed E-state index contributed by atoms with van der Waals surface area (Å²) in [7, 11) is 1.08. The number of aliphatic hydroxyl groups is 4. The van der Waals surface area contributed by atoms with E-state index in [2.05, 4.69) is 10.6 Å². The van der Waals surface area contributed by atoms with E-state index in [1.165, 1.54) is 0 Å². The number of amides is 2. The summed E-state index contributed by atoms with van der Waals surface area (Å²) >= 11 is 0. The lowest BCUT2D eigenvalue weighted by Crippen LogP contribution is -2.63. The van der Waals surface area contributed by atoms with Crippen LogP contribution in [0.25, 0.3) is 0 Å². The van der Waals surface area contributed by atoms with Crippen LogP contribution in [0, 0.1) is 4.91 Å². The van der Waals surface area contributed by atoms with Gasteiger partial charge >= 0.3 is 6.03 Å². The number of hydrogen-bond acceptors (Lipinski definition) is 8. The molecule has 1 rings (SSSR count). The lowest BCUT2D eigenvalue weighted by atomic mass is 9.98. The van der Waals surface area contributed by atoms with Gasteiger partial charge in [-0.3, -0.25) is 0 Å². The number of nitrogens with zero attached hydrogens (tertiary/aromatic N) is 2. The first kappa shape index (κ1) is 14.7. The number of urea groups is 1. The highest BCUT2D eigenvalue weighted by Gasteiger charge is 2.44. The molecule has 0 aromatic rings. The average Bonchev–Trinajstić information content (AvgIpc) is 2.38. The van der Waals surface area contributed by atoms with Crippen molar-refractivity contribution in [2.75, 3.05) is 13.7 Å². The van der Waals surface area contributed by atoms with Crippen molar-refractivity contribution < 1.29 is 30.0 Å². The van der Waals surface area contributed by atoms with Crippen molar-refractivity contribution in [3.05, 3.63) is 4.91 Å². The van der Waals surface area contributed by atoms with E-state index in [1.54, 1.807) is 0 Å². The number of nitroso groups, excluding NO2 is 1. The standard InChI is InChI=1S/C8H15N3O7/c1-11(10-17)8(16)9-7-6(15)5(14)4(13)3(2-12)18-7/h3-7,12-15H,2H2,1H3,(H,9,16)/t3-,4+,5-,6-,7-/m1/s1. The van der Waals surface area contributed by atoms with Crippen molar-refractivity contribution in [2.45, 2.75) is 30.6 Å². The Morgan fingerprint density at radius 1 is 1.33 bits per heavy atom. The minimum atomic E-state index is -1.60. The fraction of sp³-hybridized carbons (Fsp3) is 0.875. The van der Waals surface area contributed by atoms with Crippen LogP contribution in [0.1, 0.15) is 0 Å². The number of rotatable bonds is 3. The minimum Gasteiger partial charge on any atom is -0.394 e. The van der Waals surface area contributed by atoms with E-state index in [0.717, 1.165) is 7.05 Å². The fourth-order valence-corrected chi connectivity index (χ4v) is 1.47. The molecule has 0 aromatic carbocycles. The van der Waals surface area contributed by atoms with Crippen LogP contribution in [0.15, 0.2) is 5.29 Å². The van der Waals surface area contributed by atoms with Crippen LogP contribution in [0.4, 0.5) is 4.79 Å². The quantitative estimate of drug-likeness (QED) is 0.271. The number of carbonyl (C=O) groups is 1. The molecule has 104 valence electrons. The highest BCUT2D eigenvalue weighted by molar-refractivity contribution is 5.73. The first-order valence-electron chi connectivity index (χ1n) is 5.10. The van der Waals surface area contributed by atoms with Gasteiger partial charge in [0.05, 0.1) is 11.9 Å². The number of nitrogens with one attached hydrogen (secondary N) is 1. The third kappa shape index (κ3) is 2.91. The lowest BCUT2D eigenvalue weighted by molar-refractivity contribution is -0.233. The SMILES string of the molecule is CN(N=O)C(=O)N[C@@H]1O[C@H](CO)[C@H](O)[C@@H](O)[C@H]1O. The molecule has 0 unspecified atom stereocenters. The molecule has 10 heteroatoms. The van der Waals surface area contributed by atoms with Gasteiger partial charge in [-0.1, -0.05) is 0 Å². The maximum Gasteiger partial charge on any atom is 0.342 e. The topological polar surface area (TPSA) is 152 Å². The molecule has 0 aliphatic carbocycles. The van der Waals surface area contributed by atoms with Crippen molar-refractivity contribution in [1.29, 1.82) is 0 Å². The summed E-state index contributed by atoms with van der Waals surface area (Å²) in [4.78, 5) is 21.4. The third-order valence-corrected chi connectivity index (χ3v) is 2.57. The van der Waals surface area contributed by atoms with Crippen LogP contribution in [0.3, 0.4) is 0 Å². The second-order valence-corrected chi connectivity index (χ2v) is 3.80. The zero-order chi connectivity index (χ0) is 13.9. The zero-order valence-electron chi connectivity index (χ0n) is 9.50. The number of aliphatic hydroxyl groups excluding tert-OH is 4. The van der Waals surface area contributed by atoms with Gasteiger partial charge in [0.2, 0.25) is 0 Å². The van der Waals surface area contributed by atoms with Gasteiger partial charge in [-0.05, 0) is 0 Å². The molecule has 1 heterocycles. The van der Waals surface area contributed by atoms with E-state index in [-0.39, 0.29) is 0 Å². The smallest absolute Gasteiger partial charge is 0.342 e. The van der Waals surface area contributed by atoms with E-state index in [4.69, 9.17) is 9.84 Å². The van der Waals surface area contributed by atoms with Crippen molar-refractivity contribution in [1.82, 2.24) is 10.3 Å². The maximum atomic E-state index is 11.3. The Labute approximate surface area is 102 Å². The molecular weight excluding hydrogens is 250 g/mol. The highest BCUT2D eigenvalue weighted by Crippen LogP contribution is 2.19. The Balaban J connectivity index is 2.70. The van der Waals surface area contributed by atoms with Gasteiger partial charge < -0.3 is 30.5 Å². The highest BCUT2D eigenvalue weighted by atomic mass is 16.6. The molecule has 0 saturated carbocycles. The Hall–Kier alpha value is -1.33. The van der Waals surface area contributed by atoms with Gasteiger partial charge in [0.15, 0.2) is 6.23 Å². The van der Waals surface area contributed by atoms with E-state index >= 15 is 0 Å². The summed E-state index contributed by atoms with van der Waals surface area (Å²) in [6.45, 7) is -0.612. The first-order chi connectivity index (χ1) is 8.42. The van der Waals surface area contributed by atoms with E-state index in [1.807, 2.05) is 0 Å². The van der Waals surface area contributed by atoms with Crippen LogP contribution < -0.4 is 5.32 Å². The van der Waals surface area contributed by atoms with Gasteiger partial charge in [0.1, 0.15) is 24.4 Å². The molecule has 1 aliphatic heterocycles. The Kier molecular flexibility index (Phi) is 4.93. The maximum absolute atomic E-state index is 11.3. The monoisotopic (exact) mass is 265 g/mol. The number of ether oxygens (including phenoxy) is 1. The van der Waals surface area contributed by atoms with E-state index < -0.39 is 43.3 Å². The van der Waals surface area contributed by atoms with Crippen LogP contribution >= 0.6 is 0 Å². The average molecular weight is 265 g/mol. The van der Waals surface area contributed by atoms with Crippen LogP contribution in [0.2, 0.25) is 0 Å². The molecule has 1 saturated heterocycles. The number of hydrogen-bond donors (Lipinski definition) is 5. The molecule has 10 nitrogen and oxygen atoms in total. The molecule has 0 radical (unpaired) electrons. The largest absolute Gasteiger partial charge is 0.394 e. The fourth-order valence-electron chi connectivity index (χ4n) is 1.47. The van der Waals surface area contributed by atoms with E-state index in [9.17, 15) is 25.0 Å². The second-order valence-electron chi connectivity index (χ2n) is 3.80. The summed E-state index contributed by atoms with van der Waals surface area (Å²) in [6, 6.07) is -0.964. The molecule has 0 bridgehead atoms. The van der Waals surface area contributed by atoms with Crippen LogP contribution in [-0.2, 0) is 4.74 Å². The minimum absolute atomic E-state index is 0.418. The molecule has 5 N–H and O–H groups in total. The van der Waals surface area contributed by atoms with Crippen molar-refractivity contribution in [3.63, 3.8) is 0 Å². The van der Waals surface area contributed by atoms with E-state index in [0.29, 0.717) is 5.01 Å². The molecule has 5 atom stereocenters. The molecule has 1 fully saturated rings. The van der Waals surface area contributed by atoms with Gasteiger partial charge in [0.25, 0.3) is 0 Å². The van der Waals surface area contributed by atoms with Crippen LogP contribution in [0.5, 0.6) is 0 Å².